The summed E-state index contributed by atoms with van der Waals surface area (Å²) in [6.07, 6.45) is 0.0840. The van der Waals surface area contributed by atoms with Gasteiger partial charge >= 0.3 is 6.18 Å². The number of carboxylic acid groups (broad SMARTS) is 1. The van der Waals surface area contributed by atoms with Gasteiger partial charge in [0.15, 0.2) is 0 Å². The Morgan fingerprint density at radius 1 is 1.07 bits per heavy atom. The summed E-state index contributed by atoms with van der Waals surface area (Å²) in [6, 6.07) is 7.12. The van der Waals surface area contributed by atoms with Crippen molar-refractivity contribution in [2.24, 2.45) is 11.3 Å². The average molecular weight is 638 g/mol. The molecule has 0 radical (unpaired) electrons. The Morgan fingerprint density at radius 3 is 2.41 bits per heavy atom. The van der Waals surface area contributed by atoms with Crippen molar-refractivity contribution in [1.82, 2.24) is 9.29 Å². The molecule has 3 fully saturated rings. The fourth-order valence-electron chi connectivity index (χ4n) is 6.55. The van der Waals surface area contributed by atoms with Crippen LogP contribution in [0.15, 0.2) is 42.6 Å². The molecule has 2 saturated heterocycles. The number of hydrogen-bond acceptors (Lipinski definition) is 6. The summed E-state index contributed by atoms with van der Waals surface area (Å²) in [4.78, 5) is 14.5. The van der Waals surface area contributed by atoms with Crippen molar-refractivity contribution in [3.8, 4) is 17.0 Å². The third-order valence-corrected chi connectivity index (χ3v) is 10.0. The topological polar surface area (TPSA) is 100 Å². The van der Waals surface area contributed by atoms with Crippen LogP contribution in [0, 0.1) is 23.0 Å². The number of pyridine rings is 1. The number of halogens is 5. The van der Waals surface area contributed by atoms with Gasteiger partial charge in [0.1, 0.15) is 18.2 Å². The maximum atomic E-state index is 15.4. The minimum absolute atomic E-state index is 0.147. The molecule has 7 rings (SSSR count). The zero-order chi connectivity index (χ0) is 31.6. The molecular formula is C30H28F5N3O5S. The van der Waals surface area contributed by atoms with Gasteiger partial charge in [0, 0.05) is 60.7 Å². The number of sulfonamides is 1. The molecule has 2 atom stereocenters. The molecule has 2 aliphatic heterocycles. The summed E-state index contributed by atoms with van der Waals surface area (Å²) < 4.78 is 102. The second-order valence-electron chi connectivity index (χ2n) is 12.0. The highest BCUT2D eigenvalue weighted by molar-refractivity contribution is 7.88. The first-order valence-electron chi connectivity index (χ1n) is 13.8. The van der Waals surface area contributed by atoms with E-state index in [2.05, 4.69) is 4.98 Å². The lowest BCUT2D eigenvalue weighted by molar-refractivity contribution is -0.137. The number of aromatic nitrogens is 1. The van der Waals surface area contributed by atoms with Crippen LogP contribution in [0.25, 0.3) is 11.1 Å². The number of hydrogen-bond donors (Lipinski definition) is 1. The first-order valence-corrected chi connectivity index (χ1v) is 15.7. The second kappa shape index (κ2) is 10.7. The highest BCUT2D eigenvalue weighted by Crippen LogP contribution is 2.56. The van der Waals surface area contributed by atoms with Gasteiger partial charge in [-0.2, -0.15) is 13.2 Å². The van der Waals surface area contributed by atoms with Gasteiger partial charge in [-0.15, -0.1) is 0 Å². The standard InChI is InChI=1S/C29H26F5N3O3S.CH2O2/c1-41(38,39)37-14-28(15-37)12-36(13-28)19-2-3-20(26(31)8-19)22-6-18(25(30)9-24(22)29(32,33)34)11-40-27-7-17-4-16-5-21(16)23(17)10-35-27;2-1-3/h2-3,6-10,16,21H,4-5,11-15H2,1H3;1H,(H,2,3). The fraction of sp³-hybridized carbons (Fsp3) is 0.400. The van der Waals surface area contributed by atoms with E-state index in [0.29, 0.717) is 49.8 Å². The van der Waals surface area contributed by atoms with E-state index in [9.17, 15) is 26.0 Å². The third-order valence-electron chi connectivity index (χ3n) is 8.82. The molecule has 1 spiro atoms. The molecule has 3 aromatic rings. The number of benzene rings is 2. The van der Waals surface area contributed by atoms with E-state index in [1.165, 1.54) is 22.0 Å². The van der Waals surface area contributed by atoms with Crippen LogP contribution in [0.1, 0.15) is 34.6 Å². The number of alkyl halides is 3. The Morgan fingerprint density at radius 2 is 1.77 bits per heavy atom. The zero-order valence-corrected chi connectivity index (χ0v) is 24.3. The number of anilines is 1. The SMILES string of the molecule is CS(=O)(=O)N1CC2(CN(c3ccc(-c4cc(COc5cc6c(cn5)C5CC5C6)c(F)cc4C(F)(F)F)c(F)c3)C2)C1.O=CO. The molecule has 2 unspecified atom stereocenters. The van der Waals surface area contributed by atoms with Gasteiger partial charge in [-0.3, -0.25) is 4.79 Å². The van der Waals surface area contributed by atoms with Crippen molar-refractivity contribution in [3.63, 3.8) is 0 Å². The van der Waals surface area contributed by atoms with Crippen LogP contribution in [0.5, 0.6) is 5.88 Å². The van der Waals surface area contributed by atoms with E-state index >= 15 is 4.39 Å². The molecule has 234 valence electrons. The van der Waals surface area contributed by atoms with Gasteiger partial charge in [0.2, 0.25) is 15.9 Å². The van der Waals surface area contributed by atoms with Gasteiger partial charge in [0.25, 0.3) is 6.47 Å². The highest BCUT2D eigenvalue weighted by Gasteiger charge is 2.54. The Hall–Kier alpha value is -3.78. The monoisotopic (exact) mass is 637 g/mol. The molecule has 14 heteroatoms. The van der Waals surface area contributed by atoms with Crippen molar-refractivity contribution < 1.29 is 45.0 Å². The Bertz CT molecular complexity index is 1740. The van der Waals surface area contributed by atoms with Crippen molar-refractivity contribution in [2.75, 3.05) is 37.3 Å². The van der Waals surface area contributed by atoms with Crippen LogP contribution in [0.2, 0.25) is 0 Å². The summed E-state index contributed by atoms with van der Waals surface area (Å²) in [6.45, 7) is 1.19. The Labute approximate surface area is 250 Å². The number of fused-ring (bicyclic) bond motifs is 3. The predicted octanol–water partition coefficient (Wildman–Crippen LogP) is 5.07. The van der Waals surface area contributed by atoms with Gasteiger partial charge in [-0.25, -0.2) is 26.5 Å². The Kier molecular flexibility index (Phi) is 7.35. The molecule has 1 aromatic heterocycles. The van der Waals surface area contributed by atoms with Gasteiger partial charge in [-0.1, -0.05) is 0 Å². The summed E-state index contributed by atoms with van der Waals surface area (Å²) >= 11 is 0. The lowest BCUT2D eigenvalue weighted by atomic mass is 9.74. The highest BCUT2D eigenvalue weighted by atomic mass is 32.2. The van der Waals surface area contributed by atoms with Crippen LogP contribution in [0.4, 0.5) is 27.6 Å². The average Bonchev–Trinajstić information content (AvgIpc) is 3.56. The van der Waals surface area contributed by atoms with Crippen LogP contribution in [-0.4, -0.2) is 61.7 Å². The van der Waals surface area contributed by atoms with Crippen molar-refractivity contribution >= 4 is 22.2 Å². The van der Waals surface area contributed by atoms with Crippen LogP contribution < -0.4 is 9.64 Å². The minimum Gasteiger partial charge on any atom is -0.483 e. The molecular weight excluding hydrogens is 609 g/mol. The van der Waals surface area contributed by atoms with E-state index in [-0.39, 0.29) is 35.5 Å². The summed E-state index contributed by atoms with van der Waals surface area (Å²) in [5.74, 6) is -0.523. The van der Waals surface area contributed by atoms with E-state index in [4.69, 9.17) is 14.6 Å². The maximum absolute atomic E-state index is 15.4. The quantitative estimate of drug-likeness (QED) is 0.298. The molecule has 1 saturated carbocycles. The summed E-state index contributed by atoms with van der Waals surface area (Å²) in [7, 11) is -3.26. The predicted molar refractivity (Wildman–Crippen MR) is 150 cm³/mol. The van der Waals surface area contributed by atoms with Gasteiger partial charge < -0.3 is 14.7 Å². The summed E-state index contributed by atoms with van der Waals surface area (Å²) in [5, 5.41) is 6.89. The van der Waals surface area contributed by atoms with Crippen molar-refractivity contribution in [1.29, 1.82) is 0 Å². The number of carbonyl (C=O) groups is 1. The molecule has 8 nitrogen and oxygen atoms in total. The Balaban J connectivity index is 0.00000110. The zero-order valence-electron chi connectivity index (χ0n) is 23.4. The number of nitrogens with zero attached hydrogens (tertiary/aromatic N) is 3. The molecule has 2 aliphatic carbocycles. The minimum atomic E-state index is -4.91. The van der Waals surface area contributed by atoms with Crippen LogP contribution in [0.3, 0.4) is 0 Å². The van der Waals surface area contributed by atoms with Crippen molar-refractivity contribution in [2.45, 2.75) is 31.5 Å². The van der Waals surface area contributed by atoms with Crippen LogP contribution >= 0.6 is 0 Å². The number of rotatable bonds is 6. The third kappa shape index (κ3) is 5.60. The summed E-state index contributed by atoms with van der Waals surface area (Å²) in [5.41, 5.74) is 0.401. The van der Waals surface area contributed by atoms with Crippen LogP contribution in [-0.2, 0) is 34.0 Å². The smallest absolute Gasteiger partial charge is 0.417 e. The molecule has 1 N–H and O–H groups in total. The normalized spacial score (nSPS) is 21.4. The second-order valence-corrected chi connectivity index (χ2v) is 13.9. The number of ether oxygens (including phenoxy) is 1. The molecule has 0 amide bonds. The molecule has 0 bridgehead atoms. The maximum Gasteiger partial charge on any atom is 0.417 e. The van der Waals surface area contributed by atoms with E-state index < -0.39 is 39.0 Å². The molecule has 44 heavy (non-hydrogen) atoms. The molecule has 3 heterocycles. The first kappa shape index (κ1) is 30.3. The van der Waals surface area contributed by atoms with E-state index in [1.807, 2.05) is 4.90 Å². The molecule has 4 aliphatic rings. The van der Waals surface area contributed by atoms with E-state index in [1.54, 1.807) is 12.3 Å². The lowest BCUT2D eigenvalue weighted by Crippen LogP contribution is -2.72. The van der Waals surface area contributed by atoms with Gasteiger partial charge in [-0.05, 0) is 71.7 Å². The van der Waals surface area contributed by atoms with Crippen molar-refractivity contribution in [3.05, 3.63) is 76.5 Å². The first-order chi connectivity index (χ1) is 20.7. The lowest BCUT2D eigenvalue weighted by Gasteiger charge is -2.60. The largest absolute Gasteiger partial charge is 0.483 e. The fourth-order valence-corrected chi connectivity index (χ4v) is 7.57. The molecule has 2 aromatic carbocycles. The van der Waals surface area contributed by atoms with E-state index in [0.717, 1.165) is 36.8 Å². The van der Waals surface area contributed by atoms with Gasteiger partial charge in [0.05, 0.1) is 11.8 Å².